The number of carboxylic acid groups (broad SMARTS) is 1. The zero-order chi connectivity index (χ0) is 13.4. The maximum absolute atomic E-state index is 11.3. The van der Waals surface area contributed by atoms with Crippen molar-refractivity contribution in [2.24, 2.45) is 0 Å². The molecular formula is C12H10Br2N2O2. The molecule has 0 saturated carbocycles. The van der Waals surface area contributed by atoms with Crippen molar-refractivity contribution in [2.75, 3.05) is 0 Å². The summed E-state index contributed by atoms with van der Waals surface area (Å²) in [4.78, 5) is 11.3. The van der Waals surface area contributed by atoms with E-state index >= 15 is 0 Å². The second-order valence-electron chi connectivity index (χ2n) is 3.86. The van der Waals surface area contributed by atoms with Crippen LogP contribution in [-0.4, -0.2) is 20.9 Å². The maximum atomic E-state index is 11.3. The van der Waals surface area contributed by atoms with E-state index in [1.54, 1.807) is 22.9 Å². The molecule has 1 aromatic carbocycles. The summed E-state index contributed by atoms with van der Waals surface area (Å²) in [5.74, 6) is -0.977. The second kappa shape index (κ2) is 4.85. The number of aryl methyl sites for hydroxylation is 1. The van der Waals surface area contributed by atoms with Gasteiger partial charge in [-0.05, 0) is 48.0 Å². The molecule has 2 rings (SSSR count). The lowest BCUT2D eigenvalue weighted by molar-refractivity contribution is 0.0696. The monoisotopic (exact) mass is 372 g/mol. The zero-order valence-corrected chi connectivity index (χ0v) is 12.9. The van der Waals surface area contributed by atoms with Crippen LogP contribution in [-0.2, 0) is 0 Å². The summed E-state index contributed by atoms with van der Waals surface area (Å²) in [6, 6.07) is 5.10. The van der Waals surface area contributed by atoms with Gasteiger partial charge in [0.2, 0.25) is 0 Å². The van der Waals surface area contributed by atoms with Crippen molar-refractivity contribution in [3.05, 3.63) is 44.1 Å². The van der Waals surface area contributed by atoms with Crippen LogP contribution >= 0.6 is 31.9 Å². The van der Waals surface area contributed by atoms with Gasteiger partial charge in [0.05, 0.1) is 27.1 Å². The molecule has 1 heterocycles. The molecule has 1 aromatic heterocycles. The molecule has 0 saturated heterocycles. The number of nitrogens with zero attached hydrogens (tertiary/aromatic N) is 2. The van der Waals surface area contributed by atoms with Gasteiger partial charge < -0.3 is 5.11 Å². The topological polar surface area (TPSA) is 55.1 Å². The van der Waals surface area contributed by atoms with Crippen molar-refractivity contribution in [1.29, 1.82) is 0 Å². The molecule has 0 spiro atoms. The van der Waals surface area contributed by atoms with E-state index in [-0.39, 0.29) is 5.56 Å². The average molecular weight is 374 g/mol. The molecule has 0 fully saturated rings. The highest BCUT2D eigenvalue weighted by atomic mass is 79.9. The molecule has 0 bridgehead atoms. The van der Waals surface area contributed by atoms with Gasteiger partial charge in [-0.2, -0.15) is 5.10 Å². The van der Waals surface area contributed by atoms with Crippen LogP contribution in [0, 0.1) is 13.8 Å². The van der Waals surface area contributed by atoms with Crippen molar-refractivity contribution in [2.45, 2.75) is 13.8 Å². The fourth-order valence-corrected chi connectivity index (χ4v) is 2.33. The van der Waals surface area contributed by atoms with E-state index in [0.717, 1.165) is 20.3 Å². The first-order valence-corrected chi connectivity index (χ1v) is 6.75. The highest BCUT2D eigenvalue weighted by Crippen LogP contribution is 2.26. The summed E-state index contributed by atoms with van der Waals surface area (Å²) in [6.45, 7) is 3.75. The van der Waals surface area contributed by atoms with Gasteiger partial charge in [0, 0.05) is 4.47 Å². The lowest BCUT2D eigenvalue weighted by Crippen LogP contribution is -2.08. The third-order valence-electron chi connectivity index (χ3n) is 2.62. The lowest BCUT2D eigenvalue weighted by atomic mass is 10.2. The van der Waals surface area contributed by atoms with Gasteiger partial charge in [-0.25, -0.2) is 9.48 Å². The Morgan fingerprint density at radius 2 is 2.00 bits per heavy atom. The number of hydrogen-bond donors (Lipinski definition) is 1. The van der Waals surface area contributed by atoms with Crippen LogP contribution in [0.5, 0.6) is 0 Å². The number of halogens is 2. The van der Waals surface area contributed by atoms with Crippen molar-refractivity contribution < 1.29 is 9.90 Å². The molecule has 1 N–H and O–H groups in total. The Hall–Kier alpha value is -1.14. The van der Waals surface area contributed by atoms with E-state index in [4.69, 9.17) is 0 Å². The van der Waals surface area contributed by atoms with Crippen LogP contribution in [0.25, 0.3) is 5.69 Å². The molecule has 18 heavy (non-hydrogen) atoms. The highest BCUT2D eigenvalue weighted by Gasteiger charge is 2.17. The molecule has 0 aliphatic carbocycles. The first kappa shape index (κ1) is 13.3. The number of carbonyl (C=O) groups is 1. The summed E-state index contributed by atoms with van der Waals surface area (Å²) >= 11 is 6.71. The molecule has 0 aliphatic rings. The van der Waals surface area contributed by atoms with E-state index in [1.807, 2.05) is 13.8 Å². The third kappa shape index (κ3) is 2.22. The van der Waals surface area contributed by atoms with Gasteiger partial charge in [-0.1, -0.05) is 15.9 Å². The number of carboxylic acids is 1. The summed E-state index contributed by atoms with van der Waals surface area (Å²) in [6.07, 6.45) is 0. The minimum absolute atomic E-state index is 0.211. The predicted octanol–water partition coefficient (Wildman–Crippen LogP) is 3.71. The smallest absolute Gasteiger partial charge is 0.337 e. The second-order valence-corrected chi connectivity index (χ2v) is 5.57. The SMILES string of the molecule is Cc1nn(-c2ccc(Br)cc2C(=O)O)c(C)c1Br. The van der Waals surface area contributed by atoms with Gasteiger partial charge in [-0.15, -0.1) is 0 Å². The van der Waals surface area contributed by atoms with Gasteiger partial charge >= 0.3 is 5.97 Å². The van der Waals surface area contributed by atoms with E-state index in [1.165, 1.54) is 0 Å². The summed E-state index contributed by atoms with van der Waals surface area (Å²) in [7, 11) is 0. The number of rotatable bonds is 2. The number of hydrogen-bond acceptors (Lipinski definition) is 2. The number of aromatic nitrogens is 2. The molecule has 0 amide bonds. The minimum Gasteiger partial charge on any atom is -0.478 e. The van der Waals surface area contributed by atoms with Crippen molar-refractivity contribution in [3.63, 3.8) is 0 Å². The summed E-state index contributed by atoms with van der Waals surface area (Å²) < 4.78 is 3.25. The fourth-order valence-electron chi connectivity index (χ4n) is 1.72. The Balaban J connectivity index is 2.71. The van der Waals surface area contributed by atoms with Crippen molar-refractivity contribution >= 4 is 37.8 Å². The van der Waals surface area contributed by atoms with Crippen molar-refractivity contribution in [3.8, 4) is 5.69 Å². The number of aromatic carboxylic acids is 1. The van der Waals surface area contributed by atoms with Gasteiger partial charge in [0.1, 0.15) is 0 Å². The van der Waals surface area contributed by atoms with Crippen LogP contribution in [0.3, 0.4) is 0 Å². The molecule has 4 nitrogen and oxygen atoms in total. The van der Waals surface area contributed by atoms with E-state index in [2.05, 4.69) is 37.0 Å². The molecule has 0 radical (unpaired) electrons. The molecule has 2 aromatic rings. The predicted molar refractivity (Wildman–Crippen MR) is 75.4 cm³/mol. The lowest BCUT2D eigenvalue weighted by Gasteiger charge is -2.08. The van der Waals surface area contributed by atoms with E-state index in [9.17, 15) is 9.90 Å². The molecular weight excluding hydrogens is 364 g/mol. The van der Waals surface area contributed by atoms with Gasteiger partial charge in [0.15, 0.2) is 0 Å². The molecule has 6 heteroatoms. The normalized spacial score (nSPS) is 10.7. The van der Waals surface area contributed by atoms with Crippen LogP contribution in [0.2, 0.25) is 0 Å². The van der Waals surface area contributed by atoms with E-state index in [0.29, 0.717) is 5.69 Å². The van der Waals surface area contributed by atoms with Crippen molar-refractivity contribution in [1.82, 2.24) is 9.78 Å². The van der Waals surface area contributed by atoms with Crippen LogP contribution in [0.1, 0.15) is 21.7 Å². The fraction of sp³-hybridized carbons (Fsp3) is 0.167. The molecule has 0 aliphatic heterocycles. The Labute approximate surface area is 121 Å². The Kier molecular flexibility index (Phi) is 3.59. The Morgan fingerprint density at radius 3 is 2.50 bits per heavy atom. The van der Waals surface area contributed by atoms with Crippen LogP contribution < -0.4 is 0 Å². The summed E-state index contributed by atoms with van der Waals surface area (Å²) in [5, 5.41) is 13.6. The van der Waals surface area contributed by atoms with Gasteiger partial charge in [-0.3, -0.25) is 0 Å². The Bertz CT molecular complexity index is 635. The highest BCUT2D eigenvalue weighted by molar-refractivity contribution is 9.10. The Morgan fingerprint density at radius 1 is 1.33 bits per heavy atom. The quantitative estimate of drug-likeness (QED) is 0.872. The van der Waals surface area contributed by atoms with Crippen LogP contribution in [0.15, 0.2) is 27.1 Å². The minimum atomic E-state index is -0.977. The first-order chi connectivity index (χ1) is 8.41. The first-order valence-electron chi connectivity index (χ1n) is 5.16. The molecule has 94 valence electrons. The standard InChI is InChI=1S/C12H10Br2N2O2/c1-6-11(14)7(2)16(15-6)10-4-3-8(13)5-9(10)12(17)18/h3-5H,1-2H3,(H,17,18). The molecule has 0 atom stereocenters. The average Bonchev–Trinajstić information content (AvgIpc) is 2.57. The summed E-state index contributed by atoms with van der Waals surface area (Å²) in [5.41, 5.74) is 2.46. The third-order valence-corrected chi connectivity index (χ3v) is 4.26. The van der Waals surface area contributed by atoms with E-state index < -0.39 is 5.97 Å². The van der Waals surface area contributed by atoms with Gasteiger partial charge in [0.25, 0.3) is 0 Å². The number of benzene rings is 1. The zero-order valence-electron chi connectivity index (χ0n) is 9.74. The largest absolute Gasteiger partial charge is 0.478 e. The maximum Gasteiger partial charge on any atom is 0.337 e. The van der Waals surface area contributed by atoms with Crippen LogP contribution in [0.4, 0.5) is 0 Å². The molecule has 0 unspecified atom stereocenters.